The zero-order valence-corrected chi connectivity index (χ0v) is 21.3. The Morgan fingerprint density at radius 3 is 2.56 bits per heavy atom. The number of anilines is 1. The highest BCUT2D eigenvalue weighted by molar-refractivity contribution is 5.92. The van der Waals surface area contributed by atoms with Crippen molar-refractivity contribution in [3.05, 3.63) is 106 Å². The number of aromatic amines is 1. The van der Waals surface area contributed by atoms with Gasteiger partial charge in [-0.1, -0.05) is 42.5 Å². The number of carbonyl (C=O) groups is 1. The first-order chi connectivity index (χ1) is 19.5. The first-order valence-electron chi connectivity index (χ1n) is 12.4. The molecule has 1 amide bonds. The minimum Gasteiger partial charge on any atom is -0.372 e. The fourth-order valence-corrected chi connectivity index (χ4v) is 5.16. The zero-order valence-electron chi connectivity index (χ0n) is 21.3. The third kappa shape index (κ3) is 4.14. The zero-order chi connectivity index (χ0) is 29.1. The number of H-pyrrole nitrogens is 1. The molecule has 0 saturated heterocycles. The molecule has 2 aromatic heterocycles. The number of benzene rings is 3. The number of hydrogen-bond donors (Lipinski definition) is 4. The predicted octanol–water partition coefficient (Wildman–Crippen LogP) is 5.01. The molecule has 0 bridgehead atoms. The first kappa shape index (κ1) is 26.3. The molecule has 2 heterocycles. The van der Waals surface area contributed by atoms with Crippen molar-refractivity contribution in [3.8, 4) is 22.3 Å². The van der Waals surface area contributed by atoms with Gasteiger partial charge in [-0.25, -0.2) is 4.39 Å². The van der Waals surface area contributed by atoms with E-state index in [1.807, 2.05) is 0 Å². The third-order valence-electron chi connectivity index (χ3n) is 7.25. The van der Waals surface area contributed by atoms with Gasteiger partial charge in [0.15, 0.2) is 0 Å². The van der Waals surface area contributed by atoms with Crippen molar-refractivity contribution in [1.82, 2.24) is 20.2 Å². The Morgan fingerprint density at radius 1 is 1.05 bits per heavy atom. The summed E-state index contributed by atoms with van der Waals surface area (Å²) in [4.78, 5) is 27.9. The van der Waals surface area contributed by atoms with E-state index < -0.39 is 46.2 Å². The van der Waals surface area contributed by atoms with Crippen LogP contribution in [-0.4, -0.2) is 32.0 Å². The molecular weight excluding hydrogens is 542 g/mol. The number of rotatable bonds is 5. The molecular formula is C29H21F4N5O3. The van der Waals surface area contributed by atoms with Crippen molar-refractivity contribution in [1.29, 1.82) is 0 Å². The third-order valence-corrected chi connectivity index (χ3v) is 7.25. The van der Waals surface area contributed by atoms with Crippen molar-refractivity contribution in [2.24, 2.45) is 0 Å². The van der Waals surface area contributed by atoms with E-state index in [0.29, 0.717) is 11.6 Å². The van der Waals surface area contributed by atoms with Gasteiger partial charge in [0.05, 0.1) is 6.20 Å². The Morgan fingerprint density at radius 2 is 1.78 bits per heavy atom. The van der Waals surface area contributed by atoms with Gasteiger partial charge in [-0.15, -0.1) is 0 Å². The Hall–Kier alpha value is -4.97. The van der Waals surface area contributed by atoms with Gasteiger partial charge in [-0.2, -0.15) is 18.3 Å². The summed E-state index contributed by atoms with van der Waals surface area (Å²) in [6, 6.07) is 15.0. The Bertz CT molecular complexity index is 1900. The first-order valence-corrected chi connectivity index (χ1v) is 12.4. The van der Waals surface area contributed by atoms with Crippen LogP contribution in [0.3, 0.4) is 0 Å². The highest BCUT2D eigenvalue weighted by atomic mass is 19.4. The van der Waals surface area contributed by atoms with Crippen LogP contribution in [0.15, 0.2) is 83.9 Å². The molecule has 6 rings (SSSR count). The maximum absolute atomic E-state index is 14.7. The monoisotopic (exact) mass is 563 g/mol. The van der Waals surface area contributed by atoms with Gasteiger partial charge >= 0.3 is 6.18 Å². The average Bonchev–Trinajstić information content (AvgIpc) is 3.53. The summed E-state index contributed by atoms with van der Waals surface area (Å²) < 4.78 is 58.6. The number of pyridine rings is 1. The second-order valence-corrected chi connectivity index (χ2v) is 9.73. The number of aliphatic hydroxyl groups is 1. The fraction of sp³-hybridized carbons (Fsp3) is 0.138. The molecule has 0 fully saturated rings. The molecule has 0 saturated carbocycles. The largest absolute Gasteiger partial charge is 0.425 e. The molecule has 4 N–H and O–H groups in total. The van der Waals surface area contributed by atoms with Gasteiger partial charge in [0, 0.05) is 33.8 Å². The summed E-state index contributed by atoms with van der Waals surface area (Å²) in [7, 11) is 0. The minimum absolute atomic E-state index is 0.0238. The van der Waals surface area contributed by atoms with Crippen LogP contribution in [-0.2, 0) is 10.4 Å². The van der Waals surface area contributed by atoms with Crippen LogP contribution >= 0.6 is 0 Å². The Balaban J connectivity index is 1.31. The van der Waals surface area contributed by atoms with E-state index in [0.717, 1.165) is 17.5 Å². The number of fused-ring (bicyclic) bond motifs is 4. The second-order valence-electron chi connectivity index (χ2n) is 9.73. The number of nitrogens with one attached hydrogen (secondary N) is 3. The summed E-state index contributed by atoms with van der Waals surface area (Å²) in [5, 5.41) is 15.9. The summed E-state index contributed by atoms with van der Waals surface area (Å²) in [5.74, 6) is -1.55. The van der Waals surface area contributed by atoms with Crippen LogP contribution < -0.4 is 16.4 Å². The fourth-order valence-electron chi connectivity index (χ4n) is 5.16. The molecule has 8 nitrogen and oxygen atoms in total. The average molecular weight is 564 g/mol. The van der Waals surface area contributed by atoms with Gasteiger partial charge in [-0.05, 0) is 47.9 Å². The molecule has 12 heteroatoms. The molecule has 2 atom stereocenters. The van der Waals surface area contributed by atoms with Crippen LogP contribution in [0.4, 0.5) is 23.2 Å². The summed E-state index contributed by atoms with van der Waals surface area (Å²) in [5.41, 5.74) is 1.38. The number of alkyl halides is 3. The van der Waals surface area contributed by atoms with E-state index in [2.05, 4.69) is 20.9 Å². The van der Waals surface area contributed by atoms with Crippen LogP contribution in [0, 0.1) is 5.82 Å². The van der Waals surface area contributed by atoms with Gasteiger partial charge in [-0.3, -0.25) is 25.1 Å². The minimum atomic E-state index is -5.12. The molecule has 0 aliphatic heterocycles. The normalized spacial score (nSPS) is 16.7. The van der Waals surface area contributed by atoms with Crippen molar-refractivity contribution < 1.29 is 27.5 Å². The van der Waals surface area contributed by atoms with Crippen molar-refractivity contribution >= 4 is 22.5 Å². The van der Waals surface area contributed by atoms with E-state index in [9.17, 15) is 32.3 Å². The Kier molecular flexibility index (Phi) is 5.96. The Labute approximate surface area is 229 Å². The molecule has 1 aliphatic rings. The number of nitrogens with zero attached hydrogens (tertiary/aromatic N) is 2. The summed E-state index contributed by atoms with van der Waals surface area (Å²) in [6.07, 6.45) is -2.42. The van der Waals surface area contributed by atoms with E-state index in [4.69, 9.17) is 0 Å². The molecule has 2 unspecified atom stereocenters. The molecule has 208 valence electrons. The number of halogens is 4. The molecule has 0 radical (unpaired) electrons. The molecule has 0 spiro atoms. The van der Waals surface area contributed by atoms with E-state index in [-0.39, 0.29) is 27.9 Å². The SMILES string of the molecule is CC(C(=O)NNc1cc2ccccc2[nH]c1=O)n1cc(-c2cc(F)cc3c2-c2ccccc2C3(O)C(F)(F)F)cn1. The number of hydrogen-bond acceptors (Lipinski definition) is 5. The van der Waals surface area contributed by atoms with E-state index >= 15 is 0 Å². The topological polar surface area (TPSA) is 112 Å². The van der Waals surface area contributed by atoms with Crippen LogP contribution in [0.2, 0.25) is 0 Å². The van der Waals surface area contributed by atoms with Gasteiger partial charge in [0.25, 0.3) is 11.5 Å². The van der Waals surface area contributed by atoms with Crippen molar-refractivity contribution in [2.45, 2.75) is 24.7 Å². The van der Waals surface area contributed by atoms with E-state index in [1.165, 1.54) is 42.2 Å². The highest BCUT2D eigenvalue weighted by Crippen LogP contribution is 2.57. The lowest BCUT2D eigenvalue weighted by atomic mass is 9.89. The molecule has 5 aromatic rings. The number of carbonyl (C=O) groups excluding carboxylic acids is 1. The van der Waals surface area contributed by atoms with Gasteiger partial charge in [0.2, 0.25) is 5.60 Å². The summed E-state index contributed by atoms with van der Waals surface area (Å²) in [6.45, 7) is 1.52. The van der Waals surface area contributed by atoms with Crippen LogP contribution in [0.5, 0.6) is 0 Å². The van der Waals surface area contributed by atoms with Crippen LogP contribution in [0.1, 0.15) is 24.1 Å². The lowest BCUT2D eigenvalue weighted by Gasteiger charge is -2.28. The molecule has 3 aromatic carbocycles. The lowest BCUT2D eigenvalue weighted by molar-refractivity contribution is -0.246. The lowest BCUT2D eigenvalue weighted by Crippen LogP contribution is -2.41. The van der Waals surface area contributed by atoms with E-state index in [1.54, 1.807) is 30.3 Å². The number of amides is 1. The summed E-state index contributed by atoms with van der Waals surface area (Å²) >= 11 is 0. The smallest absolute Gasteiger partial charge is 0.372 e. The molecule has 1 aliphatic carbocycles. The van der Waals surface area contributed by atoms with Gasteiger partial charge in [0.1, 0.15) is 17.5 Å². The van der Waals surface area contributed by atoms with Crippen molar-refractivity contribution in [3.63, 3.8) is 0 Å². The van der Waals surface area contributed by atoms with Crippen molar-refractivity contribution in [2.75, 3.05) is 5.43 Å². The maximum atomic E-state index is 14.7. The van der Waals surface area contributed by atoms with Gasteiger partial charge < -0.3 is 10.1 Å². The quantitative estimate of drug-likeness (QED) is 0.177. The molecule has 41 heavy (non-hydrogen) atoms. The highest BCUT2D eigenvalue weighted by Gasteiger charge is 2.61. The maximum Gasteiger partial charge on any atom is 0.425 e. The van der Waals surface area contributed by atoms with Crippen LogP contribution in [0.25, 0.3) is 33.2 Å². The number of para-hydroxylation sites is 1. The predicted molar refractivity (Wildman–Crippen MR) is 143 cm³/mol. The number of aromatic nitrogens is 3. The standard InChI is InChI=1S/C29H21F4N5O3/c1-15(26(39)37-36-24-10-16-6-2-5-9-23(16)35-27(24)40)38-14-17(13-34-38)20-11-18(30)12-22-25(20)19-7-3-4-8-21(19)28(22,41)29(31,32)33/h2-15,36,41H,1H3,(H,35,40)(H,37,39). The number of hydrazine groups is 1. The second kappa shape index (κ2) is 9.30.